The second-order valence-corrected chi connectivity index (χ2v) is 4.88. The molecule has 6 nitrogen and oxygen atoms in total. The Morgan fingerprint density at radius 3 is 2.53 bits per heavy atom. The summed E-state index contributed by atoms with van der Waals surface area (Å²) in [7, 11) is 0. The predicted molar refractivity (Wildman–Crippen MR) is 66.9 cm³/mol. The molecule has 0 saturated carbocycles. The van der Waals surface area contributed by atoms with Gasteiger partial charge in [0, 0.05) is 26.1 Å². The van der Waals surface area contributed by atoms with Crippen molar-refractivity contribution in [3.8, 4) is 0 Å². The molecule has 2 aliphatic rings. The van der Waals surface area contributed by atoms with Crippen molar-refractivity contribution in [1.29, 1.82) is 0 Å². The lowest BCUT2D eigenvalue weighted by Crippen LogP contribution is -2.57. The van der Waals surface area contributed by atoms with Crippen molar-refractivity contribution in [2.45, 2.75) is 32.6 Å². The highest BCUT2D eigenvalue weighted by molar-refractivity contribution is 6.17. The molecule has 0 bridgehead atoms. The number of hydrogen-bond acceptors (Lipinski definition) is 5. The fraction of sp³-hybridized carbons (Fsp3) is 0.769. The van der Waals surface area contributed by atoms with Crippen LogP contribution in [0.25, 0.3) is 0 Å². The van der Waals surface area contributed by atoms with Gasteiger partial charge in [0.05, 0.1) is 6.61 Å². The van der Waals surface area contributed by atoms with Gasteiger partial charge in [0.1, 0.15) is 0 Å². The number of rotatable bonds is 3. The molecule has 2 heterocycles. The molecule has 0 aliphatic carbocycles. The third kappa shape index (κ3) is 2.94. The van der Waals surface area contributed by atoms with Crippen molar-refractivity contribution in [3.05, 3.63) is 0 Å². The highest BCUT2D eigenvalue weighted by Gasteiger charge is 2.43. The van der Waals surface area contributed by atoms with Gasteiger partial charge in [-0.15, -0.1) is 0 Å². The second kappa shape index (κ2) is 6.14. The molecule has 2 rings (SSSR count). The zero-order chi connectivity index (χ0) is 13.8. The van der Waals surface area contributed by atoms with E-state index in [4.69, 9.17) is 4.74 Å². The molecule has 1 unspecified atom stereocenters. The average molecular weight is 268 g/mol. The number of ketones is 1. The summed E-state index contributed by atoms with van der Waals surface area (Å²) in [5, 5.41) is 3.53. The number of carbonyl (C=O) groups is 3. The van der Waals surface area contributed by atoms with Crippen LogP contribution in [0.15, 0.2) is 0 Å². The lowest BCUT2D eigenvalue weighted by Gasteiger charge is -2.40. The predicted octanol–water partition coefficient (Wildman–Crippen LogP) is 0.368. The van der Waals surface area contributed by atoms with Crippen LogP contribution in [0.4, 0.5) is 0 Å². The molecule has 106 valence electrons. The molecule has 1 amide bonds. The standard InChI is InChI=1S/C13H20N2O4/c1-2-19-13(18)11-10(16)6-9-15(12(11)17)14-7-4-3-5-8-14/h11H,2-9H2,1H3. The van der Waals surface area contributed by atoms with Crippen LogP contribution in [0.5, 0.6) is 0 Å². The maximum absolute atomic E-state index is 12.3. The van der Waals surface area contributed by atoms with Crippen LogP contribution in [-0.2, 0) is 19.1 Å². The van der Waals surface area contributed by atoms with Crippen LogP contribution in [0.2, 0.25) is 0 Å². The lowest BCUT2D eigenvalue weighted by molar-refractivity contribution is -0.172. The van der Waals surface area contributed by atoms with Gasteiger partial charge < -0.3 is 4.74 Å². The Morgan fingerprint density at radius 1 is 1.21 bits per heavy atom. The van der Waals surface area contributed by atoms with E-state index < -0.39 is 17.8 Å². The highest BCUT2D eigenvalue weighted by Crippen LogP contribution is 2.21. The van der Waals surface area contributed by atoms with Gasteiger partial charge in [-0.1, -0.05) is 6.42 Å². The Hall–Kier alpha value is -1.43. The van der Waals surface area contributed by atoms with Crippen LogP contribution < -0.4 is 0 Å². The van der Waals surface area contributed by atoms with Crippen LogP contribution in [0, 0.1) is 5.92 Å². The third-order valence-electron chi connectivity index (χ3n) is 3.59. The van der Waals surface area contributed by atoms with Crippen LogP contribution in [0.1, 0.15) is 32.6 Å². The number of nitrogens with zero attached hydrogens (tertiary/aromatic N) is 2. The topological polar surface area (TPSA) is 66.9 Å². The quantitative estimate of drug-likeness (QED) is 0.546. The maximum Gasteiger partial charge on any atom is 0.326 e. The number of hydrazine groups is 1. The number of hydrogen-bond donors (Lipinski definition) is 0. The molecule has 2 saturated heterocycles. The normalized spacial score (nSPS) is 25.5. The van der Waals surface area contributed by atoms with Crippen LogP contribution in [-0.4, -0.2) is 53.9 Å². The molecular formula is C13H20N2O4. The van der Waals surface area contributed by atoms with Crippen molar-refractivity contribution in [2.24, 2.45) is 5.92 Å². The first-order valence-electron chi connectivity index (χ1n) is 6.90. The second-order valence-electron chi connectivity index (χ2n) is 4.88. The number of esters is 1. The molecule has 0 spiro atoms. The van der Waals surface area contributed by atoms with Crippen molar-refractivity contribution in [1.82, 2.24) is 10.0 Å². The van der Waals surface area contributed by atoms with Crippen LogP contribution >= 0.6 is 0 Å². The molecule has 0 radical (unpaired) electrons. The minimum atomic E-state index is -1.25. The minimum Gasteiger partial charge on any atom is -0.465 e. The number of carbonyl (C=O) groups excluding carboxylic acids is 3. The Morgan fingerprint density at radius 2 is 1.89 bits per heavy atom. The van der Waals surface area contributed by atoms with Gasteiger partial charge in [0.25, 0.3) is 5.91 Å². The molecule has 0 aromatic rings. The van der Waals surface area contributed by atoms with Crippen molar-refractivity contribution >= 4 is 17.7 Å². The summed E-state index contributed by atoms with van der Waals surface area (Å²) in [5.41, 5.74) is 0. The first kappa shape index (κ1) is 14.0. The molecule has 0 aromatic heterocycles. The highest BCUT2D eigenvalue weighted by atomic mass is 16.5. The number of amides is 1. The van der Waals surface area contributed by atoms with E-state index in [1.165, 1.54) is 6.42 Å². The molecule has 2 fully saturated rings. The molecule has 2 aliphatic heterocycles. The van der Waals surface area contributed by atoms with E-state index in [1.807, 2.05) is 5.01 Å². The van der Waals surface area contributed by atoms with Crippen molar-refractivity contribution in [2.75, 3.05) is 26.2 Å². The summed E-state index contributed by atoms with van der Waals surface area (Å²) >= 11 is 0. The molecular weight excluding hydrogens is 248 g/mol. The average Bonchev–Trinajstić information content (AvgIpc) is 2.40. The Balaban J connectivity index is 2.08. The van der Waals surface area contributed by atoms with Gasteiger partial charge in [-0.25, -0.2) is 5.01 Å². The van der Waals surface area contributed by atoms with Crippen molar-refractivity contribution < 1.29 is 19.1 Å². The van der Waals surface area contributed by atoms with Gasteiger partial charge in [-0.3, -0.25) is 19.4 Å². The summed E-state index contributed by atoms with van der Waals surface area (Å²) in [6.07, 6.45) is 3.48. The first-order valence-corrected chi connectivity index (χ1v) is 6.90. The van der Waals surface area contributed by atoms with E-state index in [0.717, 1.165) is 25.9 Å². The van der Waals surface area contributed by atoms with E-state index in [2.05, 4.69) is 0 Å². The molecule has 19 heavy (non-hydrogen) atoms. The number of ether oxygens (including phenoxy) is 1. The van der Waals surface area contributed by atoms with Gasteiger partial charge >= 0.3 is 5.97 Å². The zero-order valence-electron chi connectivity index (χ0n) is 11.3. The zero-order valence-corrected chi connectivity index (χ0v) is 11.3. The SMILES string of the molecule is CCOC(=O)C1C(=O)CCN(N2CCCCC2)C1=O. The molecule has 0 aromatic carbocycles. The monoisotopic (exact) mass is 268 g/mol. The fourth-order valence-electron chi connectivity index (χ4n) is 2.61. The third-order valence-corrected chi connectivity index (χ3v) is 3.59. The van der Waals surface area contributed by atoms with Crippen molar-refractivity contribution in [3.63, 3.8) is 0 Å². The van der Waals surface area contributed by atoms with E-state index in [0.29, 0.717) is 6.54 Å². The largest absolute Gasteiger partial charge is 0.465 e. The maximum atomic E-state index is 12.3. The lowest BCUT2D eigenvalue weighted by atomic mass is 9.96. The summed E-state index contributed by atoms with van der Waals surface area (Å²) in [5.74, 6) is -2.71. The Bertz CT molecular complexity index is 377. The van der Waals surface area contributed by atoms with Gasteiger partial charge in [0.2, 0.25) is 0 Å². The smallest absolute Gasteiger partial charge is 0.326 e. The Labute approximate surface area is 112 Å². The molecule has 0 N–H and O–H groups in total. The van der Waals surface area contributed by atoms with Gasteiger partial charge in [-0.05, 0) is 19.8 Å². The molecule has 6 heteroatoms. The number of Topliss-reactive ketones (excluding diaryl/α,β-unsaturated/α-hetero) is 1. The summed E-state index contributed by atoms with van der Waals surface area (Å²) < 4.78 is 4.83. The van der Waals surface area contributed by atoms with Crippen LogP contribution in [0.3, 0.4) is 0 Å². The molecule has 1 atom stereocenters. The van der Waals surface area contributed by atoms with E-state index >= 15 is 0 Å². The van der Waals surface area contributed by atoms with E-state index in [-0.39, 0.29) is 18.8 Å². The van der Waals surface area contributed by atoms with E-state index in [1.54, 1.807) is 11.9 Å². The Kier molecular flexibility index (Phi) is 4.52. The van der Waals surface area contributed by atoms with Gasteiger partial charge in [0.15, 0.2) is 11.7 Å². The van der Waals surface area contributed by atoms with E-state index in [9.17, 15) is 14.4 Å². The minimum absolute atomic E-state index is 0.180. The first-order chi connectivity index (χ1) is 9.15. The number of piperidine rings is 2. The summed E-state index contributed by atoms with van der Waals surface area (Å²) in [6, 6.07) is 0. The summed E-state index contributed by atoms with van der Waals surface area (Å²) in [4.78, 5) is 35.8. The fourth-order valence-corrected chi connectivity index (χ4v) is 2.61. The summed E-state index contributed by atoms with van der Waals surface area (Å²) in [6.45, 7) is 3.86. The van der Waals surface area contributed by atoms with Gasteiger partial charge in [-0.2, -0.15) is 0 Å².